The predicted molar refractivity (Wildman–Crippen MR) is 90.2 cm³/mol. The van der Waals surface area contributed by atoms with Gasteiger partial charge in [-0.15, -0.1) is 0 Å². The van der Waals surface area contributed by atoms with Gasteiger partial charge < -0.3 is 9.64 Å². The molecule has 0 bridgehead atoms. The maximum atomic E-state index is 6.13. The first-order valence-electron chi connectivity index (χ1n) is 7.61. The Hall–Kier alpha value is -2.88. The van der Waals surface area contributed by atoms with E-state index in [2.05, 4.69) is 40.6 Å². The number of rotatable bonds is 1. The van der Waals surface area contributed by atoms with Crippen LogP contribution in [-0.2, 0) is 7.05 Å². The number of hydrogen-bond donors (Lipinski definition) is 0. The van der Waals surface area contributed by atoms with Crippen molar-refractivity contribution >= 4 is 11.4 Å². The van der Waals surface area contributed by atoms with Gasteiger partial charge in [-0.2, -0.15) is 4.57 Å². The normalized spacial score (nSPS) is 12.4. The number of ether oxygens (including phenoxy) is 1. The Morgan fingerprint density at radius 2 is 1.91 bits per heavy atom. The van der Waals surface area contributed by atoms with Crippen LogP contribution < -0.4 is 14.2 Å². The Balaban J connectivity index is 2.00. The van der Waals surface area contributed by atoms with Gasteiger partial charge in [0.2, 0.25) is 5.69 Å². The summed E-state index contributed by atoms with van der Waals surface area (Å²) in [6, 6.07) is 12.2. The van der Waals surface area contributed by atoms with Crippen molar-refractivity contribution in [2.24, 2.45) is 7.05 Å². The van der Waals surface area contributed by atoms with E-state index in [1.807, 2.05) is 43.7 Å². The van der Waals surface area contributed by atoms with Gasteiger partial charge in [0.15, 0.2) is 17.7 Å². The maximum absolute atomic E-state index is 6.13. The fourth-order valence-corrected chi connectivity index (χ4v) is 3.14. The monoisotopic (exact) mass is 304 g/mol. The van der Waals surface area contributed by atoms with Gasteiger partial charge in [-0.25, -0.2) is 0 Å². The van der Waals surface area contributed by atoms with E-state index >= 15 is 0 Å². The van der Waals surface area contributed by atoms with Crippen LogP contribution in [0.25, 0.3) is 11.3 Å². The third-order valence-electron chi connectivity index (χ3n) is 4.34. The molecule has 0 spiro atoms. The second-order valence-corrected chi connectivity index (χ2v) is 5.81. The number of aromatic nitrogens is 2. The summed E-state index contributed by atoms with van der Waals surface area (Å²) >= 11 is 0. The maximum Gasteiger partial charge on any atom is 0.233 e. The first-order valence-corrected chi connectivity index (χ1v) is 7.61. The van der Waals surface area contributed by atoms with Gasteiger partial charge >= 0.3 is 0 Å². The predicted octanol–water partition coefficient (Wildman–Crippen LogP) is 3.76. The van der Waals surface area contributed by atoms with Crippen LogP contribution >= 0.6 is 0 Å². The van der Waals surface area contributed by atoms with Crippen molar-refractivity contribution in [2.45, 2.75) is 6.92 Å². The highest BCUT2D eigenvalue weighted by Gasteiger charge is 2.28. The van der Waals surface area contributed by atoms with Crippen LogP contribution in [0.3, 0.4) is 0 Å². The summed E-state index contributed by atoms with van der Waals surface area (Å²) in [5.74, 6) is 1.75. The molecule has 3 aromatic rings. The van der Waals surface area contributed by atoms with E-state index in [0.717, 1.165) is 34.1 Å². The Morgan fingerprint density at radius 3 is 2.74 bits per heavy atom. The van der Waals surface area contributed by atoms with Gasteiger partial charge in [0.25, 0.3) is 0 Å². The Labute approximate surface area is 135 Å². The van der Waals surface area contributed by atoms with Crippen LogP contribution in [0.15, 0.2) is 55.0 Å². The Bertz CT molecular complexity index is 905. The first-order chi connectivity index (χ1) is 11.2. The summed E-state index contributed by atoms with van der Waals surface area (Å²) in [5, 5.41) is 0. The van der Waals surface area contributed by atoms with E-state index in [0.29, 0.717) is 0 Å². The molecule has 1 aliphatic heterocycles. The molecule has 0 atom stereocenters. The molecule has 4 heteroatoms. The first kappa shape index (κ1) is 13.8. The highest BCUT2D eigenvalue weighted by Crippen LogP contribution is 2.50. The number of anilines is 2. The quantitative estimate of drug-likeness (QED) is 0.641. The highest BCUT2D eigenvalue weighted by atomic mass is 16.5. The topological polar surface area (TPSA) is 29.2 Å². The molecule has 4 rings (SSSR count). The largest absolute Gasteiger partial charge is 0.453 e. The third kappa shape index (κ3) is 2.06. The van der Waals surface area contributed by atoms with E-state index in [9.17, 15) is 0 Å². The summed E-state index contributed by atoms with van der Waals surface area (Å²) in [6.45, 7) is 2.12. The SMILES string of the molecule is Cc1ccc2c(c1-c1cncc[n+]1C)N(C)c1ccccc1O2. The minimum absolute atomic E-state index is 0.871. The van der Waals surface area contributed by atoms with E-state index < -0.39 is 0 Å². The zero-order valence-electron chi connectivity index (χ0n) is 13.4. The van der Waals surface area contributed by atoms with Crippen LogP contribution in [0.5, 0.6) is 11.5 Å². The molecule has 1 aliphatic rings. The van der Waals surface area contributed by atoms with E-state index in [-0.39, 0.29) is 0 Å². The van der Waals surface area contributed by atoms with Gasteiger partial charge in [-0.1, -0.05) is 18.2 Å². The van der Waals surface area contributed by atoms with Crippen molar-refractivity contribution in [2.75, 3.05) is 11.9 Å². The molecule has 0 saturated heterocycles. The van der Waals surface area contributed by atoms with Crippen LogP contribution in [0.4, 0.5) is 11.4 Å². The molecule has 0 radical (unpaired) electrons. The second-order valence-electron chi connectivity index (χ2n) is 5.81. The van der Waals surface area contributed by atoms with Crippen molar-refractivity contribution in [3.8, 4) is 22.8 Å². The number of benzene rings is 2. The molecule has 0 amide bonds. The Morgan fingerprint density at radius 1 is 1.09 bits per heavy atom. The number of aryl methyl sites for hydroxylation is 2. The van der Waals surface area contributed by atoms with Gasteiger partial charge in [0.05, 0.1) is 29.3 Å². The lowest BCUT2D eigenvalue weighted by Gasteiger charge is -2.31. The van der Waals surface area contributed by atoms with Gasteiger partial charge in [-0.3, -0.25) is 4.98 Å². The molecule has 0 fully saturated rings. The summed E-state index contributed by atoms with van der Waals surface area (Å²) < 4.78 is 8.22. The number of para-hydroxylation sites is 2. The lowest BCUT2D eigenvalue weighted by atomic mass is 10.00. The molecule has 0 N–H and O–H groups in total. The molecule has 1 aromatic heterocycles. The molecule has 0 unspecified atom stereocenters. The standard InChI is InChI=1S/C19H18N3O/c1-13-8-9-17-19(18(13)15-12-20-10-11-21(15)2)22(3)14-6-4-5-7-16(14)23-17/h4-12H,1-3H3/q+1. The zero-order chi connectivity index (χ0) is 16.0. The average Bonchev–Trinajstić information content (AvgIpc) is 2.57. The van der Waals surface area contributed by atoms with Crippen molar-refractivity contribution in [1.29, 1.82) is 0 Å². The summed E-state index contributed by atoms with van der Waals surface area (Å²) in [4.78, 5) is 6.50. The molecule has 2 aromatic carbocycles. The third-order valence-corrected chi connectivity index (χ3v) is 4.34. The molecule has 23 heavy (non-hydrogen) atoms. The van der Waals surface area contributed by atoms with Gasteiger partial charge in [-0.05, 0) is 30.7 Å². The van der Waals surface area contributed by atoms with E-state index in [1.165, 1.54) is 5.56 Å². The molecule has 4 nitrogen and oxygen atoms in total. The lowest BCUT2D eigenvalue weighted by Crippen LogP contribution is -2.31. The van der Waals surface area contributed by atoms with Crippen LogP contribution in [0.2, 0.25) is 0 Å². The second kappa shape index (κ2) is 5.09. The summed E-state index contributed by atoms with van der Waals surface area (Å²) in [6.07, 6.45) is 5.66. The molecule has 0 saturated carbocycles. The highest BCUT2D eigenvalue weighted by molar-refractivity contribution is 5.89. The molecule has 0 aliphatic carbocycles. The van der Waals surface area contributed by atoms with Crippen molar-refractivity contribution in [3.05, 3.63) is 60.6 Å². The van der Waals surface area contributed by atoms with Gasteiger partial charge in [0, 0.05) is 7.05 Å². The fraction of sp³-hybridized carbons (Fsp3) is 0.158. The van der Waals surface area contributed by atoms with E-state index in [1.54, 1.807) is 6.20 Å². The fourth-order valence-electron chi connectivity index (χ4n) is 3.14. The van der Waals surface area contributed by atoms with Gasteiger partial charge in [0.1, 0.15) is 7.05 Å². The van der Waals surface area contributed by atoms with E-state index in [4.69, 9.17) is 4.74 Å². The number of hydrogen-bond acceptors (Lipinski definition) is 3. The average molecular weight is 304 g/mol. The van der Waals surface area contributed by atoms with Crippen LogP contribution in [0.1, 0.15) is 5.56 Å². The summed E-state index contributed by atoms with van der Waals surface area (Å²) in [5.41, 5.74) is 5.56. The summed E-state index contributed by atoms with van der Waals surface area (Å²) in [7, 11) is 4.12. The zero-order valence-corrected chi connectivity index (χ0v) is 13.4. The molecule has 2 heterocycles. The van der Waals surface area contributed by atoms with Crippen molar-refractivity contribution in [3.63, 3.8) is 0 Å². The minimum atomic E-state index is 0.871. The van der Waals surface area contributed by atoms with Crippen molar-refractivity contribution in [1.82, 2.24) is 4.98 Å². The lowest BCUT2D eigenvalue weighted by molar-refractivity contribution is -0.660. The van der Waals surface area contributed by atoms with Crippen molar-refractivity contribution < 1.29 is 9.30 Å². The minimum Gasteiger partial charge on any atom is -0.453 e. The molecular formula is C19H18N3O+. The Kier molecular flexibility index (Phi) is 3.05. The van der Waals surface area contributed by atoms with Crippen LogP contribution in [0, 0.1) is 6.92 Å². The van der Waals surface area contributed by atoms with Crippen LogP contribution in [-0.4, -0.2) is 12.0 Å². The number of nitrogens with zero attached hydrogens (tertiary/aromatic N) is 3. The number of fused-ring (bicyclic) bond motifs is 2. The molecular weight excluding hydrogens is 286 g/mol. The smallest absolute Gasteiger partial charge is 0.233 e. The molecule has 114 valence electrons.